The van der Waals surface area contributed by atoms with Crippen molar-refractivity contribution in [2.45, 2.75) is 0 Å². The van der Waals surface area contributed by atoms with E-state index in [0.29, 0.717) is 32.9 Å². The molecule has 2 aromatic carbocycles. The number of amides is 1. The molecule has 1 heterocycles. The van der Waals surface area contributed by atoms with E-state index in [1.54, 1.807) is 56.7 Å². The highest BCUT2D eigenvalue weighted by Crippen LogP contribution is 2.29. The Morgan fingerprint density at radius 2 is 1.76 bits per heavy atom. The number of ether oxygens (including phenoxy) is 2. The Balaban J connectivity index is 1.94. The van der Waals surface area contributed by atoms with Gasteiger partial charge in [0, 0.05) is 5.56 Å². The van der Waals surface area contributed by atoms with Crippen molar-refractivity contribution in [2.75, 3.05) is 14.2 Å². The van der Waals surface area contributed by atoms with Crippen molar-refractivity contribution in [1.29, 1.82) is 0 Å². The van der Waals surface area contributed by atoms with Gasteiger partial charge in [0.2, 0.25) is 0 Å². The molecular formula is C18H14Cl2N2O3. The van der Waals surface area contributed by atoms with Gasteiger partial charge in [-0.3, -0.25) is 4.79 Å². The summed E-state index contributed by atoms with van der Waals surface area (Å²) in [5.41, 5.74) is 1.73. The van der Waals surface area contributed by atoms with Crippen LogP contribution in [0.5, 0.6) is 11.5 Å². The molecule has 1 amide bonds. The van der Waals surface area contributed by atoms with Crippen molar-refractivity contribution < 1.29 is 14.3 Å². The quantitative estimate of drug-likeness (QED) is 0.822. The molecule has 1 aliphatic heterocycles. The maximum atomic E-state index is 12.2. The van der Waals surface area contributed by atoms with Crippen LogP contribution >= 0.6 is 23.2 Å². The monoisotopic (exact) mass is 376 g/mol. The van der Waals surface area contributed by atoms with Gasteiger partial charge in [-0.15, -0.1) is 0 Å². The van der Waals surface area contributed by atoms with Crippen LogP contribution in [0.4, 0.5) is 0 Å². The van der Waals surface area contributed by atoms with Crippen LogP contribution in [0.3, 0.4) is 0 Å². The molecule has 0 fully saturated rings. The van der Waals surface area contributed by atoms with Crippen LogP contribution in [-0.2, 0) is 4.79 Å². The molecular weight excluding hydrogens is 363 g/mol. The second-order valence-corrected chi connectivity index (χ2v) is 6.00. The van der Waals surface area contributed by atoms with Gasteiger partial charge in [-0.05, 0) is 42.0 Å². The van der Waals surface area contributed by atoms with Crippen LogP contribution in [-0.4, -0.2) is 26.0 Å². The highest BCUT2D eigenvalue weighted by atomic mass is 35.5. The number of rotatable bonds is 4. The maximum Gasteiger partial charge on any atom is 0.275 e. The van der Waals surface area contributed by atoms with E-state index in [0.717, 1.165) is 5.56 Å². The van der Waals surface area contributed by atoms with E-state index in [4.69, 9.17) is 32.7 Å². The third-order valence-electron chi connectivity index (χ3n) is 3.60. The van der Waals surface area contributed by atoms with Gasteiger partial charge in [0.05, 0.1) is 24.3 Å². The number of hydrogen-bond acceptors (Lipinski definition) is 4. The Labute approximate surface area is 154 Å². The molecule has 7 heteroatoms. The fraction of sp³-hybridized carbons (Fsp3) is 0.111. The predicted octanol–water partition coefficient (Wildman–Crippen LogP) is 3.93. The second kappa shape index (κ2) is 7.17. The number of hydrogen-bond donors (Lipinski definition) is 1. The number of methoxy groups -OCH3 is 2. The molecule has 0 saturated carbocycles. The van der Waals surface area contributed by atoms with Gasteiger partial charge in [0.25, 0.3) is 5.91 Å². The first-order valence-corrected chi connectivity index (χ1v) is 8.06. The molecule has 0 atom stereocenters. The van der Waals surface area contributed by atoms with Gasteiger partial charge in [-0.1, -0.05) is 29.3 Å². The Morgan fingerprint density at radius 3 is 2.44 bits per heavy atom. The highest BCUT2D eigenvalue weighted by molar-refractivity contribution is 6.42. The minimum absolute atomic E-state index is 0.281. The number of halogens is 2. The van der Waals surface area contributed by atoms with Crippen LogP contribution in [0.15, 0.2) is 47.1 Å². The first kappa shape index (κ1) is 17.3. The summed E-state index contributed by atoms with van der Waals surface area (Å²) < 4.78 is 10.5. The van der Waals surface area contributed by atoms with E-state index in [2.05, 4.69) is 10.3 Å². The van der Waals surface area contributed by atoms with Crippen molar-refractivity contribution in [1.82, 2.24) is 5.32 Å². The molecule has 25 heavy (non-hydrogen) atoms. The van der Waals surface area contributed by atoms with Crippen molar-refractivity contribution >= 4 is 41.0 Å². The zero-order valence-corrected chi connectivity index (χ0v) is 15.0. The number of carbonyl (C=O) groups excluding carboxylic acids is 1. The Bertz CT molecular complexity index is 907. The highest BCUT2D eigenvalue weighted by Gasteiger charge is 2.22. The van der Waals surface area contributed by atoms with Crippen LogP contribution in [0, 0.1) is 0 Å². The lowest BCUT2D eigenvalue weighted by Gasteiger charge is -2.09. The van der Waals surface area contributed by atoms with Gasteiger partial charge in [0.15, 0.2) is 11.5 Å². The molecule has 128 valence electrons. The second-order valence-electron chi connectivity index (χ2n) is 5.19. The number of carbonyl (C=O) groups is 1. The van der Waals surface area contributed by atoms with E-state index in [-0.39, 0.29) is 11.6 Å². The Hall–Kier alpha value is -2.50. The van der Waals surface area contributed by atoms with Crippen LogP contribution in [0.25, 0.3) is 6.08 Å². The van der Waals surface area contributed by atoms with Gasteiger partial charge >= 0.3 is 0 Å². The fourth-order valence-corrected chi connectivity index (χ4v) is 2.66. The molecule has 0 bridgehead atoms. The van der Waals surface area contributed by atoms with E-state index in [1.165, 1.54) is 0 Å². The van der Waals surface area contributed by atoms with Crippen LogP contribution in [0.2, 0.25) is 10.0 Å². The molecule has 0 radical (unpaired) electrons. The summed E-state index contributed by atoms with van der Waals surface area (Å²) in [5, 5.41) is 3.61. The Morgan fingerprint density at radius 1 is 1.00 bits per heavy atom. The average molecular weight is 377 g/mol. The van der Waals surface area contributed by atoms with Crippen molar-refractivity contribution in [3.05, 3.63) is 63.3 Å². The zero-order chi connectivity index (χ0) is 18.0. The normalized spacial score (nSPS) is 15.1. The lowest BCUT2D eigenvalue weighted by molar-refractivity contribution is -0.115. The predicted molar refractivity (Wildman–Crippen MR) is 98.7 cm³/mol. The summed E-state index contributed by atoms with van der Waals surface area (Å²) in [5.74, 6) is 1.30. The summed E-state index contributed by atoms with van der Waals surface area (Å²) in [6.07, 6.45) is 1.64. The minimum atomic E-state index is -0.296. The molecule has 0 unspecified atom stereocenters. The summed E-state index contributed by atoms with van der Waals surface area (Å²) >= 11 is 11.9. The number of nitrogens with one attached hydrogen (secondary N) is 1. The van der Waals surface area contributed by atoms with E-state index in [9.17, 15) is 4.79 Å². The number of aliphatic imine (C=N–C) groups is 1. The Kier molecular flexibility index (Phi) is 4.97. The molecule has 0 spiro atoms. The third kappa shape index (κ3) is 3.62. The number of benzene rings is 2. The fourth-order valence-electron chi connectivity index (χ4n) is 2.35. The number of nitrogens with zero attached hydrogens (tertiary/aromatic N) is 1. The topological polar surface area (TPSA) is 59.9 Å². The molecule has 1 aliphatic rings. The first-order chi connectivity index (χ1) is 12.0. The first-order valence-electron chi connectivity index (χ1n) is 7.31. The molecule has 3 rings (SSSR count). The molecule has 2 aromatic rings. The third-order valence-corrected chi connectivity index (χ3v) is 4.34. The lowest BCUT2D eigenvalue weighted by Crippen LogP contribution is -2.24. The molecule has 0 aromatic heterocycles. The minimum Gasteiger partial charge on any atom is -0.493 e. The summed E-state index contributed by atoms with van der Waals surface area (Å²) in [6.45, 7) is 0. The summed E-state index contributed by atoms with van der Waals surface area (Å²) in [6, 6.07) is 10.4. The molecule has 0 aliphatic carbocycles. The van der Waals surface area contributed by atoms with Crippen LogP contribution < -0.4 is 14.8 Å². The van der Waals surface area contributed by atoms with Gasteiger partial charge in [-0.25, -0.2) is 4.99 Å². The van der Waals surface area contributed by atoms with Crippen molar-refractivity contribution in [3.8, 4) is 11.5 Å². The van der Waals surface area contributed by atoms with Crippen molar-refractivity contribution in [3.63, 3.8) is 0 Å². The van der Waals surface area contributed by atoms with Gasteiger partial charge in [-0.2, -0.15) is 0 Å². The standard InChI is InChI=1S/C18H14Cl2N2O3/c1-24-15-6-4-11(9-16(15)25-2)17-21-14(18(23)22-17)8-10-3-5-12(19)13(20)7-10/h3-9H,1-2H3,(H,21,22,23)/b14-8+. The van der Waals surface area contributed by atoms with E-state index >= 15 is 0 Å². The van der Waals surface area contributed by atoms with Crippen LogP contribution in [0.1, 0.15) is 11.1 Å². The van der Waals surface area contributed by atoms with E-state index < -0.39 is 0 Å². The van der Waals surface area contributed by atoms with E-state index in [1.807, 2.05) is 0 Å². The van der Waals surface area contributed by atoms with Crippen molar-refractivity contribution in [2.24, 2.45) is 4.99 Å². The lowest BCUT2D eigenvalue weighted by atomic mass is 10.2. The summed E-state index contributed by atoms with van der Waals surface area (Å²) in [7, 11) is 3.11. The molecule has 1 N–H and O–H groups in total. The number of amidine groups is 1. The maximum absolute atomic E-state index is 12.2. The largest absolute Gasteiger partial charge is 0.493 e. The molecule has 5 nitrogen and oxygen atoms in total. The smallest absolute Gasteiger partial charge is 0.275 e. The average Bonchev–Trinajstić information content (AvgIpc) is 2.98. The van der Waals surface area contributed by atoms with Gasteiger partial charge < -0.3 is 14.8 Å². The zero-order valence-electron chi connectivity index (χ0n) is 13.5. The van der Waals surface area contributed by atoms with Gasteiger partial charge in [0.1, 0.15) is 11.5 Å². The molecule has 0 saturated heterocycles. The summed E-state index contributed by atoms with van der Waals surface area (Å²) in [4.78, 5) is 16.5. The SMILES string of the molecule is COc1ccc(C2=N/C(=C/c3ccc(Cl)c(Cl)c3)C(=O)N2)cc1OC.